The predicted molar refractivity (Wildman–Crippen MR) is 70.1 cm³/mol. The molecule has 0 bridgehead atoms. The zero-order valence-electron chi connectivity index (χ0n) is 10.5. The minimum Gasteiger partial charge on any atom is -0.442 e. The summed E-state index contributed by atoms with van der Waals surface area (Å²) in [6.45, 7) is 2.03. The fourth-order valence-electron chi connectivity index (χ4n) is 1.63. The molecule has 1 rings (SSSR count). The minimum atomic E-state index is -0.966. The molecule has 0 fully saturated rings. The Kier molecular flexibility index (Phi) is 6.00. The monoisotopic (exact) mass is 252 g/mol. The molecule has 1 aromatic rings. The number of nitrogens with one attached hydrogen (secondary N) is 1. The molecule has 1 amide bonds. The number of nitrogens with two attached hydrogens (primary N) is 1. The molecule has 0 heterocycles. The normalized spacial score (nSPS) is 13.7. The summed E-state index contributed by atoms with van der Waals surface area (Å²) in [7, 11) is 0. The van der Waals surface area contributed by atoms with E-state index in [0.29, 0.717) is 6.42 Å². The summed E-state index contributed by atoms with van der Waals surface area (Å²) in [6, 6.07) is 9.23. The highest BCUT2D eigenvalue weighted by Gasteiger charge is 2.21. The van der Waals surface area contributed by atoms with Crippen LogP contribution in [0.3, 0.4) is 0 Å². The first kappa shape index (κ1) is 14.3. The Morgan fingerprint density at radius 1 is 1.44 bits per heavy atom. The zero-order chi connectivity index (χ0) is 13.4. The Morgan fingerprint density at radius 2 is 2.11 bits per heavy atom. The molecule has 1 aromatic carbocycles. The van der Waals surface area contributed by atoms with Gasteiger partial charge in [0.15, 0.2) is 6.23 Å². The van der Waals surface area contributed by atoms with Gasteiger partial charge in [-0.05, 0) is 25.0 Å². The van der Waals surface area contributed by atoms with Crippen molar-refractivity contribution in [2.45, 2.75) is 38.5 Å². The highest BCUT2D eigenvalue weighted by Crippen LogP contribution is 2.13. The first-order chi connectivity index (χ1) is 8.63. The number of anilines is 1. The van der Waals surface area contributed by atoms with E-state index in [4.69, 9.17) is 10.5 Å². The summed E-state index contributed by atoms with van der Waals surface area (Å²) in [6.07, 6.45) is -0.0955. The number of rotatable bonds is 7. The quantitative estimate of drug-likeness (QED) is 0.648. The molecule has 0 saturated carbocycles. The second-order valence-corrected chi connectivity index (χ2v) is 4.07. The summed E-state index contributed by atoms with van der Waals surface area (Å²) < 4.78 is 4.91. The Morgan fingerprint density at radius 3 is 2.67 bits per heavy atom. The van der Waals surface area contributed by atoms with Crippen molar-refractivity contribution in [3.63, 3.8) is 0 Å². The summed E-state index contributed by atoms with van der Waals surface area (Å²) in [5.74, 6) is 0. The molecule has 100 valence electrons. The number of benzene rings is 1. The average molecular weight is 252 g/mol. The van der Waals surface area contributed by atoms with Crippen LogP contribution in [0.25, 0.3) is 0 Å². The third-order valence-corrected chi connectivity index (χ3v) is 2.55. The van der Waals surface area contributed by atoms with E-state index in [-0.39, 0.29) is 0 Å². The number of primary amides is 1. The molecule has 0 saturated heterocycles. The van der Waals surface area contributed by atoms with Crippen molar-refractivity contribution in [1.82, 2.24) is 0 Å². The third kappa shape index (κ3) is 5.05. The van der Waals surface area contributed by atoms with E-state index in [9.17, 15) is 9.90 Å². The van der Waals surface area contributed by atoms with Crippen LogP contribution in [0.2, 0.25) is 0 Å². The van der Waals surface area contributed by atoms with Crippen molar-refractivity contribution in [2.24, 2.45) is 5.73 Å². The van der Waals surface area contributed by atoms with Crippen LogP contribution in [0.5, 0.6) is 0 Å². The van der Waals surface area contributed by atoms with Crippen LogP contribution >= 0.6 is 0 Å². The van der Waals surface area contributed by atoms with Gasteiger partial charge >= 0.3 is 6.09 Å². The number of aliphatic hydroxyl groups excluding tert-OH is 1. The molecular formula is C13H20N2O3. The molecular weight excluding hydrogens is 232 g/mol. The lowest BCUT2D eigenvalue weighted by atomic mass is 10.1. The molecule has 0 aliphatic carbocycles. The van der Waals surface area contributed by atoms with Gasteiger partial charge in [0.05, 0.1) is 0 Å². The second-order valence-electron chi connectivity index (χ2n) is 4.07. The number of ether oxygens (including phenoxy) is 1. The molecule has 18 heavy (non-hydrogen) atoms. The topological polar surface area (TPSA) is 84.6 Å². The van der Waals surface area contributed by atoms with Gasteiger partial charge in [-0.25, -0.2) is 4.79 Å². The smallest absolute Gasteiger partial charge is 0.404 e. The van der Waals surface area contributed by atoms with E-state index in [2.05, 4.69) is 5.32 Å². The van der Waals surface area contributed by atoms with E-state index in [0.717, 1.165) is 18.5 Å². The zero-order valence-corrected chi connectivity index (χ0v) is 10.5. The fourth-order valence-corrected chi connectivity index (χ4v) is 1.63. The fraction of sp³-hybridized carbons (Fsp3) is 0.462. The summed E-state index contributed by atoms with van der Waals surface area (Å²) in [4.78, 5) is 10.8. The maximum atomic E-state index is 10.8. The van der Waals surface area contributed by atoms with Crippen molar-refractivity contribution in [3.05, 3.63) is 30.3 Å². The number of para-hydroxylation sites is 1. The molecule has 5 heteroatoms. The van der Waals surface area contributed by atoms with Gasteiger partial charge in [-0.2, -0.15) is 0 Å². The van der Waals surface area contributed by atoms with Gasteiger partial charge in [-0.1, -0.05) is 31.5 Å². The van der Waals surface area contributed by atoms with E-state index >= 15 is 0 Å². The molecule has 0 aliphatic heterocycles. The molecule has 2 unspecified atom stereocenters. The number of hydrogen-bond donors (Lipinski definition) is 3. The van der Waals surface area contributed by atoms with Gasteiger partial charge in [0.2, 0.25) is 0 Å². The van der Waals surface area contributed by atoms with Crippen molar-refractivity contribution in [2.75, 3.05) is 5.32 Å². The van der Waals surface area contributed by atoms with Crippen LogP contribution in [-0.4, -0.2) is 23.5 Å². The molecule has 2 atom stereocenters. The molecule has 0 radical (unpaired) electrons. The molecule has 0 spiro atoms. The molecule has 5 nitrogen and oxygen atoms in total. The lowest BCUT2D eigenvalue weighted by Crippen LogP contribution is -2.38. The lowest BCUT2D eigenvalue weighted by molar-refractivity contribution is 0.0149. The second kappa shape index (κ2) is 7.55. The van der Waals surface area contributed by atoms with Crippen LogP contribution in [0.15, 0.2) is 30.3 Å². The Bertz CT molecular complexity index is 357. The molecule has 4 N–H and O–H groups in total. The van der Waals surface area contributed by atoms with Crippen molar-refractivity contribution < 1.29 is 14.6 Å². The summed E-state index contributed by atoms with van der Waals surface area (Å²) in [5, 5.41) is 12.9. The number of carbonyl (C=O) groups is 1. The van der Waals surface area contributed by atoms with E-state index in [1.165, 1.54) is 0 Å². The van der Waals surface area contributed by atoms with Gasteiger partial charge in [0, 0.05) is 5.69 Å². The Balaban J connectivity index is 2.57. The van der Waals surface area contributed by atoms with E-state index in [1.54, 1.807) is 0 Å². The van der Waals surface area contributed by atoms with Crippen molar-refractivity contribution in [1.29, 1.82) is 0 Å². The SMILES string of the molecule is CCCCC(OC(N)=O)C(O)Nc1ccccc1. The number of aliphatic hydroxyl groups is 1. The van der Waals surface area contributed by atoms with Crippen LogP contribution < -0.4 is 11.1 Å². The van der Waals surface area contributed by atoms with Crippen LogP contribution in [-0.2, 0) is 4.74 Å². The Hall–Kier alpha value is -1.75. The maximum absolute atomic E-state index is 10.8. The van der Waals surface area contributed by atoms with Gasteiger partial charge < -0.3 is 20.9 Å². The number of amides is 1. The van der Waals surface area contributed by atoms with Gasteiger partial charge in [-0.15, -0.1) is 0 Å². The molecule has 0 aromatic heterocycles. The van der Waals surface area contributed by atoms with Crippen molar-refractivity contribution in [3.8, 4) is 0 Å². The average Bonchev–Trinajstić information content (AvgIpc) is 2.35. The maximum Gasteiger partial charge on any atom is 0.404 e. The van der Waals surface area contributed by atoms with E-state index < -0.39 is 18.4 Å². The summed E-state index contributed by atoms with van der Waals surface area (Å²) >= 11 is 0. The standard InChI is InChI=1S/C13H20N2O3/c1-2-3-9-11(18-13(14)17)12(16)15-10-7-5-4-6-8-10/h4-8,11-12,15-16H,2-3,9H2,1H3,(H2,14,17). The van der Waals surface area contributed by atoms with Crippen molar-refractivity contribution >= 4 is 11.8 Å². The van der Waals surface area contributed by atoms with Crippen LogP contribution in [0, 0.1) is 0 Å². The first-order valence-electron chi connectivity index (χ1n) is 6.09. The first-order valence-corrected chi connectivity index (χ1v) is 6.09. The minimum absolute atomic E-state index is 0.570. The third-order valence-electron chi connectivity index (χ3n) is 2.55. The van der Waals surface area contributed by atoms with Crippen LogP contribution in [0.1, 0.15) is 26.2 Å². The predicted octanol–water partition coefficient (Wildman–Crippen LogP) is 2.07. The Labute approximate surface area is 107 Å². The van der Waals surface area contributed by atoms with Crippen LogP contribution in [0.4, 0.5) is 10.5 Å². The highest BCUT2D eigenvalue weighted by molar-refractivity contribution is 5.64. The highest BCUT2D eigenvalue weighted by atomic mass is 16.6. The number of hydrogen-bond acceptors (Lipinski definition) is 4. The largest absolute Gasteiger partial charge is 0.442 e. The number of carbonyl (C=O) groups excluding carboxylic acids is 1. The van der Waals surface area contributed by atoms with Gasteiger partial charge in [-0.3, -0.25) is 0 Å². The number of unbranched alkanes of at least 4 members (excludes halogenated alkanes) is 1. The van der Waals surface area contributed by atoms with Gasteiger partial charge in [0.1, 0.15) is 6.10 Å². The van der Waals surface area contributed by atoms with E-state index in [1.807, 2.05) is 37.3 Å². The molecule has 0 aliphatic rings. The van der Waals surface area contributed by atoms with Gasteiger partial charge in [0.25, 0.3) is 0 Å². The lowest BCUT2D eigenvalue weighted by Gasteiger charge is -2.23. The summed E-state index contributed by atoms with van der Waals surface area (Å²) in [5.41, 5.74) is 5.76.